The van der Waals surface area contributed by atoms with Gasteiger partial charge in [0.05, 0.1) is 18.5 Å². The maximum Gasteiger partial charge on any atom is 0.244 e. The van der Waals surface area contributed by atoms with Gasteiger partial charge in [0.25, 0.3) is 0 Å². The summed E-state index contributed by atoms with van der Waals surface area (Å²) in [5, 5.41) is 2.71. The van der Waals surface area contributed by atoms with Crippen molar-refractivity contribution in [1.29, 1.82) is 0 Å². The van der Waals surface area contributed by atoms with Gasteiger partial charge in [0.15, 0.2) is 0 Å². The van der Waals surface area contributed by atoms with Crippen molar-refractivity contribution in [3.63, 3.8) is 0 Å². The third-order valence-corrected chi connectivity index (χ3v) is 5.51. The van der Waals surface area contributed by atoms with Crippen LogP contribution in [-0.4, -0.2) is 72.5 Å². The first-order valence-corrected chi connectivity index (χ1v) is 10.6. The standard InChI is InChI=1S/C22H31N3O5/c1-16-14-25(15-17(2)30-16)22(28)18-8-11-24(12-9-18)21(27)7-10-23-20(26)6-5-19-4-3-13-29-19/h3-6,13,16-18H,7-12,14-15H2,1-2H3,(H,23,26). The van der Waals surface area contributed by atoms with E-state index >= 15 is 0 Å². The molecule has 1 aromatic rings. The van der Waals surface area contributed by atoms with Gasteiger partial charge in [-0.2, -0.15) is 0 Å². The van der Waals surface area contributed by atoms with Crippen LogP contribution < -0.4 is 5.32 Å². The van der Waals surface area contributed by atoms with Crippen molar-refractivity contribution in [2.75, 3.05) is 32.7 Å². The van der Waals surface area contributed by atoms with Gasteiger partial charge in [0.1, 0.15) is 5.76 Å². The predicted octanol–water partition coefficient (Wildman–Crippen LogP) is 1.67. The van der Waals surface area contributed by atoms with Gasteiger partial charge in [-0.3, -0.25) is 14.4 Å². The van der Waals surface area contributed by atoms with Crippen LogP contribution in [0, 0.1) is 5.92 Å². The van der Waals surface area contributed by atoms with Gasteiger partial charge in [-0.25, -0.2) is 0 Å². The van der Waals surface area contributed by atoms with Crippen LogP contribution in [0.5, 0.6) is 0 Å². The van der Waals surface area contributed by atoms with Crippen LogP contribution in [0.2, 0.25) is 0 Å². The Hall–Kier alpha value is -2.61. The molecule has 3 amide bonds. The second-order valence-corrected chi connectivity index (χ2v) is 8.05. The number of hydrogen-bond acceptors (Lipinski definition) is 5. The number of carbonyl (C=O) groups excluding carboxylic acids is 3. The van der Waals surface area contributed by atoms with E-state index in [1.165, 1.54) is 12.3 Å². The molecule has 1 N–H and O–H groups in total. The van der Waals surface area contributed by atoms with E-state index in [9.17, 15) is 14.4 Å². The minimum atomic E-state index is -0.266. The van der Waals surface area contributed by atoms with Crippen LogP contribution in [0.15, 0.2) is 28.9 Å². The highest BCUT2D eigenvalue weighted by Crippen LogP contribution is 2.22. The van der Waals surface area contributed by atoms with E-state index in [4.69, 9.17) is 9.15 Å². The Balaban J connectivity index is 1.35. The quantitative estimate of drug-likeness (QED) is 0.711. The normalized spacial score (nSPS) is 23.0. The lowest BCUT2D eigenvalue weighted by Crippen LogP contribution is -2.51. The van der Waals surface area contributed by atoms with Gasteiger partial charge in [-0.15, -0.1) is 0 Å². The van der Waals surface area contributed by atoms with Crippen molar-refractivity contribution < 1.29 is 23.5 Å². The number of nitrogens with one attached hydrogen (secondary N) is 1. The van der Waals surface area contributed by atoms with E-state index in [0.717, 1.165) is 0 Å². The first kappa shape index (κ1) is 22.1. The Kier molecular flexibility index (Phi) is 7.68. The zero-order valence-electron chi connectivity index (χ0n) is 17.7. The number of nitrogens with zero attached hydrogens (tertiary/aromatic N) is 2. The Morgan fingerprint density at radius 3 is 2.47 bits per heavy atom. The predicted molar refractivity (Wildman–Crippen MR) is 111 cm³/mol. The van der Waals surface area contributed by atoms with Gasteiger partial charge < -0.3 is 24.3 Å². The topological polar surface area (TPSA) is 92.1 Å². The Morgan fingerprint density at radius 2 is 1.83 bits per heavy atom. The van der Waals surface area contributed by atoms with Crippen molar-refractivity contribution in [3.8, 4) is 0 Å². The average Bonchev–Trinajstić information content (AvgIpc) is 3.25. The third kappa shape index (κ3) is 6.19. The summed E-state index contributed by atoms with van der Waals surface area (Å²) < 4.78 is 10.8. The summed E-state index contributed by atoms with van der Waals surface area (Å²) in [6.45, 7) is 6.69. The lowest BCUT2D eigenvalue weighted by molar-refractivity contribution is -0.150. The number of morpholine rings is 1. The summed E-state index contributed by atoms with van der Waals surface area (Å²) in [4.78, 5) is 40.7. The molecule has 0 saturated carbocycles. The average molecular weight is 418 g/mol. The Labute approximate surface area is 177 Å². The molecule has 0 spiro atoms. The van der Waals surface area contributed by atoms with Crippen LogP contribution in [0.25, 0.3) is 6.08 Å². The first-order valence-electron chi connectivity index (χ1n) is 10.6. The molecule has 2 aliphatic rings. The van der Waals surface area contributed by atoms with Gasteiger partial charge >= 0.3 is 0 Å². The van der Waals surface area contributed by atoms with Crippen LogP contribution in [0.3, 0.4) is 0 Å². The molecule has 2 saturated heterocycles. The van der Waals surface area contributed by atoms with Crippen molar-refractivity contribution >= 4 is 23.8 Å². The number of hydrogen-bond donors (Lipinski definition) is 1. The molecule has 2 aliphatic heterocycles. The number of piperidine rings is 1. The zero-order valence-corrected chi connectivity index (χ0v) is 17.7. The Bertz CT molecular complexity index is 743. The van der Waals surface area contributed by atoms with Gasteiger partial charge in [-0.05, 0) is 44.9 Å². The highest BCUT2D eigenvalue weighted by Gasteiger charge is 2.33. The highest BCUT2D eigenvalue weighted by molar-refractivity contribution is 5.91. The maximum atomic E-state index is 12.8. The van der Waals surface area contributed by atoms with Crippen molar-refractivity contribution in [2.24, 2.45) is 5.92 Å². The fourth-order valence-corrected chi connectivity index (χ4v) is 4.05. The van der Waals surface area contributed by atoms with Crippen LogP contribution in [0.1, 0.15) is 38.9 Å². The van der Waals surface area contributed by atoms with Gasteiger partial charge in [0.2, 0.25) is 17.7 Å². The molecular formula is C22H31N3O5. The second kappa shape index (κ2) is 10.4. The number of likely N-dealkylation sites (tertiary alicyclic amines) is 1. The Morgan fingerprint density at radius 1 is 1.13 bits per heavy atom. The molecule has 2 unspecified atom stereocenters. The lowest BCUT2D eigenvalue weighted by atomic mass is 9.94. The molecule has 2 fully saturated rings. The maximum absolute atomic E-state index is 12.8. The number of amides is 3. The summed E-state index contributed by atoms with van der Waals surface area (Å²) >= 11 is 0. The number of carbonyl (C=O) groups is 3. The van der Waals surface area contributed by atoms with Crippen LogP contribution >= 0.6 is 0 Å². The summed E-state index contributed by atoms with van der Waals surface area (Å²) in [5.74, 6) is 0.486. The van der Waals surface area contributed by atoms with E-state index in [0.29, 0.717) is 44.8 Å². The first-order chi connectivity index (χ1) is 14.4. The smallest absolute Gasteiger partial charge is 0.244 e. The summed E-state index contributed by atoms with van der Waals surface area (Å²) in [6.07, 6.45) is 6.23. The van der Waals surface area contributed by atoms with E-state index in [-0.39, 0.29) is 48.8 Å². The van der Waals surface area contributed by atoms with E-state index in [2.05, 4.69) is 5.32 Å². The third-order valence-electron chi connectivity index (χ3n) is 5.51. The zero-order chi connectivity index (χ0) is 21.5. The minimum absolute atomic E-state index is 0.00447. The molecule has 8 nitrogen and oxygen atoms in total. The van der Waals surface area contributed by atoms with Gasteiger partial charge in [-0.1, -0.05) is 0 Å². The van der Waals surface area contributed by atoms with Crippen molar-refractivity contribution in [3.05, 3.63) is 30.2 Å². The molecule has 0 aliphatic carbocycles. The van der Waals surface area contributed by atoms with Crippen LogP contribution in [-0.2, 0) is 19.1 Å². The minimum Gasteiger partial charge on any atom is -0.465 e. The summed E-state index contributed by atoms with van der Waals surface area (Å²) in [7, 11) is 0. The molecule has 0 aromatic carbocycles. The second-order valence-electron chi connectivity index (χ2n) is 8.05. The van der Waals surface area contributed by atoms with E-state index in [1.54, 1.807) is 23.1 Å². The monoisotopic (exact) mass is 417 g/mol. The SMILES string of the molecule is CC1CN(C(=O)C2CCN(C(=O)CCNC(=O)C=Cc3ccco3)CC2)CC(C)O1. The van der Waals surface area contributed by atoms with Crippen molar-refractivity contribution in [1.82, 2.24) is 15.1 Å². The molecule has 3 heterocycles. The molecule has 0 bridgehead atoms. The molecular weight excluding hydrogens is 386 g/mol. The number of furan rings is 1. The fourth-order valence-electron chi connectivity index (χ4n) is 4.05. The number of rotatable bonds is 6. The number of ether oxygens (including phenoxy) is 1. The van der Waals surface area contributed by atoms with E-state index in [1.807, 2.05) is 18.7 Å². The molecule has 164 valence electrons. The molecule has 1 aromatic heterocycles. The summed E-state index contributed by atoms with van der Waals surface area (Å²) in [5.41, 5.74) is 0. The lowest BCUT2D eigenvalue weighted by Gasteiger charge is -2.39. The van der Waals surface area contributed by atoms with Crippen molar-refractivity contribution in [2.45, 2.75) is 45.3 Å². The summed E-state index contributed by atoms with van der Waals surface area (Å²) in [6, 6.07) is 3.50. The molecule has 8 heteroatoms. The van der Waals surface area contributed by atoms with Crippen LogP contribution in [0.4, 0.5) is 0 Å². The largest absolute Gasteiger partial charge is 0.465 e. The highest BCUT2D eigenvalue weighted by atomic mass is 16.5. The van der Waals surface area contributed by atoms with Gasteiger partial charge in [0, 0.05) is 51.1 Å². The molecule has 2 atom stereocenters. The molecule has 0 radical (unpaired) electrons. The molecule has 30 heavy (non-hydrogen) atoms. The van der Waals surface area contributed by atoms with E-state index < -0.39 is 0 Å². The molecule has 3 rings (SSSR count). The fraction of sp³-hybridized carbons (Fsp3) is 0.591.